The number of nitrogen functional groups attached to an aromatic ring is 1. The summed E-state index contributed by atoms with van der Waals surface area (Å²) in [6.07, 6.45) is 6.44. The van der Waals surface area contributed by atoms with Crippen molar-refractivity contribution in [2.45, 2.75) is 42.4 Å². The fourth-order valence-electron chi connectivity index (χ4n) is 1.89. The van der Waals surface area contributed by atoms with Crippen LogP contribution < -0.4 is 5.73 Å². The Bertz CT molecular complexity index is 378. The molecule has 1 fully saturated rings. The number of halogens is 2. The van der Waals surface area contributed by atoms with Gasteiger partial charge in [0.1, 0.15) is 10.8 Å². The molecule has 0 aromatic carbocycles. The molecule has 1 saturated carbocycles. The summed E-state index contributed by atoms with van der Waals surface area (Å²) < 4.78 is 0. The zero-order valence-corrected chi connectivity index (χ0v) is 11.2. The molecule has 2 N–H and O–H groups in total. The molecule has 16 heavy (non-hydrogen) atoms. The van der Waals surface area contributed by atoms with Crippen LogP contribution >= 0.6 is 35.0 Å². The molecule has 0 saturated heterocycles. The van der Waals surface area contributed by atoms with Gasteiger partial charge in [0.25, 0.3) is 0 Å². The van der Waals surface area contributed by atoms with Crippen molar-refractivity contribution in [3.63, 3.8) is 0 Å². The molecule has 1 aliphatic rings. The highest BCUT2D eigenvalue weighted by atomic mass is 35.5. The summed E-state index contributed by atoms with van der Waals surface area (Å²) >= 11 is 13.7. The molecule has 0 bridgehead atoms. The SMILES string of the molecule is Nc1nc(SC2CCCCC2)c(Cl)cc1Cl. The predicted octanol–water partition coefficient (Wildman–Crippen LogP) is 4.40. The van der Waals surface area contributed by atoms with Gasteiger partial charge in [0.05, 0.1) is 10.0 Å². The van der Waals surface area contributed by atoms with Crippen LogP contribution in [0.5, 0.6) is 0 Å². The fourth-order valence-corrected chi connectivity index (χ4v) is 3.59. The van der Waals surface area contributed by atoms with Gasteiger partial charge in [0, 0.05) is 5.25 Å². The Labute approximate surface area is 110 Å². The molecule has 1 heterocycles. The molecule has 5 heteroatoms. The zero-order chi connectivity index (χ0) is 11.5. The Hall–Kier alpha value is -0.120. The highest BCUT2D eigenvalue weighted by Crippen LogP contribution is 2.37. The molecule has 0 radical (unpaired) electrons. The smallest absolute Gasteiger partial charge is 0.143 e. The van der Waals surface area contributed by atoms with E-state index in [0.717, 1.165) is 5.03 Å². The van der Waals surface area contributed by atoms with Crippen LogP contribution in [0.1, 0.15) is 32.1 Å². The minimum absolute atomic E-state index is 0.365. The predicted molar refractivity (Wildman–Crippen MR) is 71.4 cm³/mol. The van der Waals surface area contributed by atoms with Crippen molar-refractivity contribution in [3.05, 3.63) is 16.1 Å². The van der Waals surface area contributed by atoms with E-state index in [1.807, 2.05) is 0 Å². The molecule has 1 aliphatic carbocycles. The van der Waals surface area contributed by atoms with Crippen LogP contribution in [0.4, 0.5) is 5.82 Å². The number of nitrogens with two attached hydrogens (primary N) is 1. The normalized spacial score (nSPS) is 17.6. The molecule has 0 aliphatic heterocycles. The first-order valence-corrected chi connectivity index (χ1v) is 7.08. The molecule has 2 nitrogen and oxygen atoms in total. The Kier molecular flexibility index (Phi) is 4.22. The molecule has 1 aromatic rings. The minimum Gasteiger partial charge on any atom is -0.382 e. The lowest BCUT2D eigenvalue weighted by atomic mass is 10.0. The first-order chi connectivity index (χ1) is 7.66. The van der Waals surface area contributed by atoms with Crippen LogP contribution in [-0.2, 0) is 0 Å². The zero-order valence-electron chi connectivity index (χ0n) is 8.88. The number of aromatic nitrogens is 1. The maximum atomic E-state index is 6.10. The van der Waals surface area contributed by atoms with Gasteiger partial charge in [-0.1, -0.05) is 42.5 Å². The number of nitrogens with zero attached hydrogens (tertiary/aromatic N) is 1. The summed E-state index contributed by atoms with van der Waals surface area (Å²) in [6.45, 7) is 0. The van der Waals surface area contributed by atoms with Crippen LogP contribution in [0.15, 0.2) is 11.1 Å². The van der Waals surface area contributed by atoms with Crippen molar-refractivity contribution in [2.24, 2.45) is 0 Å². The standard InChI is InChI=1S/C11H14Cl2N2S/c12-8-6-9(13)11(15-10(8)14)16-7-4-2-1-3-5-7/h6-7H,1-5H2,(H2,14,15). The third kappa shape index (κ3) is 2.96. The summed E-state index contributed by atoms with van der Waals surface area (Å²) in [4.78, 5) is 4.24. The Morgan fingerprint density at radius 1 is 1.19 bits per heavy atom. The van der Waals surface area contributed by atoms with Crippen LogP contribution in [0.3, 0.4) is 0 Å². The Morgan fingerprint density at radius 2 is 1.88 bits per heavy atom. The lowest BCUT2D eigenvalue weighted by molar-refractivity contribution is 0.516. The van der Waals surface area contributed by atoms with E-state index in [-0.39, 0.29) is 0 Å². The van der Waals surface area contributed by atoms with Crippen molar-refractivity contribution in [1.29, 1.82) is 0 Å². The van der Waals surface area contributed by atoms with E-state index < -0.39 is 0 Å². The van der Waals surface area contributed by atoms with E-state index >= 15 is 0 Å². The van der Waals surface area contributed by atoms with Crippen molar-refractivity contribution >= 4 is 40.8 Å². The Balaban J connectivity index is 2.11. The maximum absolute atomic E-state index is 6.10. The summed E-state index contributed by atoms with van der Waals surface area (Å²) in [7, 11) is 0. The quantitative estimate of drug-likeness (QED) is 0.871. The topological polar surface area (TPSA) is 38.9 Å². The summed E-state index contributed by atoms with van der Waals surface area (Å²) in [5.41, 5.74) is 5.68. The van der Waals surface area contributed by atoms with E-state index in [2.05, 4.69) is 4.98 Å². The monoisotopic (exact) mass is 276 g/mol. The van der Waals surface area contributed by atoms with Crippen molar-refractivity contribution in [3.8, 4) is 0 Å². The second kappa shape index (κ2) is 5.48. The lowest BCUT2D eigenvalue weighted by Gasteiger charge is -2.21. The van der Waals surface area contributed by atoms with Gasteiger partial charge in [-0.15, -0.1) is 11.8 Å². The average Bonchev–Trinajstić information content (AvgIpc) is 2.27. The minimum atomic E-state index is 0.365. The molecule has 0 unspecified atom stereocenters. The van der Waals surface area contributed by atoms with E-state index in [1.165, 1.54) is 32.1 Å². The van der Waals surface area contributed by atoms with Crippen LogP contribution in [0.2, 0.25) is 10.0 Å². The molecule has 1 aromatic heterocycles. The van der Waals surface area contributed by atoms with E-state index in [0.29, 0.717) is 21.1 Å². The van der Waals surface area contributed by atoms with Crippen molar-refractivity contribution in [1.82, 2.24) is 4.98 Å². The van der Waals surface area contributed by atoms with Crippen LogP contribution in [-0.4, -0.2) is 10.2 Å². The van der Waals surface area contributed by atoms with E-state index in [1.54, 1.807) is 17.8 Å². The molecule has 0 atom stereocenters. The van der Waals surface area contributed by atoms with Gasteiger partial charge in [-0.25, -0.2) is 4.98 Å². The van der Waals surface area contributed by atoms with Gasteiger partial charge in [0.15, 0.2) is 0 Å². The molecule has 88 valence electrons. The maximum Gasteiger partial charge on any atom is 0.143 e. The number of hydrogen-bond acceptors (Lipinski definition) is 3. The number of pyridine rings is 1. The summed E-state index contributed by atoms with van der Waals surface area (Å²) in [5.74, 6) is 0.365. The summed E-state index contributed by atoms with van der Waals surface area (Å²) in [6, 6.07) is 1.68. The average molecular weight is 277 g/mol. The number of anilines is 1. The molecule has 2 rings (SSSR count). The van der Waals surface area contributed by atoms with E-state index in [4.69, 9.17) is 28.9 Å². The van der Waals surface area contributed by atoms with Gasteiger partial charge in [-0.05, 0) is 18.9 Å². The van der Waals surface area contributed by atoms with Crippen LogP contribution in [0.25, 0.3) is 0 Å². The number of rotatable bonds is 2. The van der Waals surface area contributed by atoms with Gasteiger partial charge < -0.3 is 5.73 Å². The van der Waals surface area contributed by atoms with Crippen LogP contribution in [0, 0.1) is 0 Å². The third-order valence-corrected chi connectivity index (χ3v) is 4.80. The first kappa shape index (κ1) is 12.3. The van der Waals surface area contributed by atoms with Crippen molar-refractivity contribution in [2.75, 3.05) is 5.73 Å². The molecular weight excluding hydrogens is 263 g/mol. The number of thioether (sulfide) groups is 1. The highest BCUT2D eigenvalue weighted by molar-refractivity contribution is 8.00. The molecular formula is C11H14Cl2N2S. The van der Waals surface area contributed by atoms with E-state index in [9.17, 15) is 0 Å². The number of hydrogen-bond donors (Lipinski definition) is 1. The second-order valence-corrected chi connectivity index (χ2v) is 6.12. The van der Waals surface area contributed by atoms with Gasteiger partial charge >= 0.3 is 0 Å². The lowest BCUT2D eigenvalue weighted by Crippen LogP contribution is -2.08. The van der Waals surface area contributed by atoms with Gasteiger partial charge in [-0.3, -0.25) is 0 Å². The third-order valence-electron chi connectivity index (χ3n) is 2.75. The van der Waals surface area contributed by atoms with Gasteiger partial charge in [0.2, 0.25) is 0 Å². The second-order valence-electron chi connectivity index (χ2n) is 4.02. The molecule has 0 spiro atoms. The first-order valence-electron chi connectivity index (χ1n) is 5.45. The fraction of sp³-hybridized carbons (Fsp3) is 0.545. The van der Waals surface area contributed by atoms with Crippen molar-refractivity contribution < 1.29 is 0 Å². The van der Waals surface area contributed by atoms with Gasteiger partial charge in [-0.2, -0.15) is 0 Å². The molecule has 0 amide bonds. The highest BCUT2D eigenvalue weighted by Gasteiger charge is 2.17. The Morgan fingerprint density at radius 3 is 2.56 bits per heavy atom. The largest absolute Gasteiger partial charge is 0.382 e. The summed E-state index contributed by atoms with van der Waals surface area (Å²) in [5, 5.41) is 2.47.